The van der Waals surface area contributed by atoms with Crippen molar-refractivity contribution in [3.8, 4) is 0 Å². The predicted molar refractivity (Wildman–Crippen MR) is 75.3 cm³/mol. The molecule has 0 radical (unpaired) electrons. The van der Waals surface area contributed by atoms with E-state index in [-0.39, 0.29) is 5.15 Å². The third-order valence-electron chi connectivity index (χ3n) is 2.89. The van der Waals surface area contributed by atoms with Gasteiger partial charge in [0, 0.05) is 20.2 Å². The van der Waals surface area contributed by atoms with Crippen LogP contribution in [0.1, 0.15) is 22.5 Å². The number of aromatic nitrogens is 1. The Morgan fingerprint density at radius 3 is 2.95 bits per heavy atom. The van der Waals surface area contributed by atoms with Crippen LogP contribution in [0.4, 0.5) is 5.13 Å². The van der Waals surface area contributed by atoms with E-state index in [1.165, 1.54) is 31.3 Å². The molecule has 0 N–H and O–H groups in total. The zero-order valence-electron chi connectivity index (χ0n) is 11.0. The zero-order valence-corrected chi connectivity index (χ0v) is 12.6. The summed E-state index contributed by atoms with van der Waals surface area (Å²) in [6.07, 6.45) is 2.58. The van der Waals surface area contributed by atoms with Gasteiger partial charge in [0.15, 0.2) is 15.2 Å². The molecule has 5 nitrogen and oxygen atoms in total. The van der Waals surface area contributed by atoms with E-state index in [9.17, 15) is 4.79 Å². The minimum absolute atomic E-state index is 0.192. The molecule has 0 bridgehead atoms. The summed E-state index contributed by atoms with van der Waals surface area (Å²) in [5.74, 6) is 0.317. The normalized spacial score (nSPS) is 14.5. The summed E-state index contributed by atoms with van der Waals surface area (Å²) in [5, 5.41) is 0.887. The molecular formula is C12H17ClN2O3S. The summed E-state index contributed by atoms with van der Waals surface area (Å²) in [6.45, 7) is 2.22. The second-order valence-electron chi connectivity index (χ2n) is 4.55. The van der Waals surface area contributed by atoms with Crippen molar-refractivity contribution in [2.45, 2.75) is 12.8 Å². The second kappa shape index (κ2) is 6.54. The first kappa shape index (κ1) is 14.6. The molecule has 1 fully saturated rings. The van der Waals surface area contributed by atoms with Gasteiger partial charge in [-0.25, -0.2) is 9.78 Å². The zero-order chi connectivity index (χ0) is 13.8. The predicted octanol–water partition coefficient (Wildman–Crippen LogP) is 2.45. The number of thiazole rings is 1. The molecule has 0 amide bonds. The molecular weight excluding hydrogens is 288 g/mol. The third-order valence-corrected chi connectivity index (χ3v) is 4.43. The van der Waals surface area contributed by atoms with E-state index in [0.717, 1.165) is 19.1 Å². The van der Waals surface area contributed by atoms with Gasteiger partial charge in [0.05, 0.1) is 13.7 Å². The van der Waals surface area contributed by atoms with Crippen LogP contribution in [-0.4, -0.2) is 44.9 Å². The van der Waals surface area contributed by atoms with Gasteiger partial charge in [-0.2, -0.15) is 0 Å². The molecule has 0 aromatic carbocycles. The molecule has 1 heterocycles. The fourth-order valence-corrected chi connectivity index (χ4v) is 2.69. The molecule has 106 valence electrons. The van der Waals surface area contributed by atoms with Gasteiger partial charge in [0.1, 0.15) is 0 Å². The maximum atomic E-state index is 11.4. The molecule has 1 aromatic rings. The Balaban J connectivity index is 1.83. The maximum absolute atomic E-state index is 11.4. The Bertz CT molecular complexity index is 448. The lowest BCUT2D eigenvalue weighted by Gasteiger charge is -2.15. The van der Waals surface area contributed by atoms with Crippen molar-refractivity contribution in [1.82, 2.24) is 4.98 Å². The first-order valence-electron chi connectivity index (χ1n) is 6.15. The summed E-state index contributed by atoms with van der Waals surface area (Å²) in [5.41, 5.74) is 0. The van der Waals surface area contributed by atoms with Gasteiger partial charge < -0.3 is 14.4 Å². The smallest absolute Gasteiger partial charge is 0.351 e. The number of anilines is 1. The number of nitrogens with zero attached hydrogens (tertiary/aromatic N) is 2. The highest BCUT2D eigenvalue weighted by molar-refractivity contribution is 7.18. The minimum atomic E-state index is -0.452. The van der Waals surface area contributed by atoms with E-state index in [1.54, 1.807) is 0 Å². The van der Waals surface area contributed by atoms with Crippen molar-refractivity contribution in [1.29, 1.82) is 0 Å². The topological polar surface area (TPSA) is 51.7 Å². The van der Waals surface area contributed by atoms with Crippen molar-refractivity contribution in [3.05, 3.63) is 10.0 Å². The second-order valence-corrected chi connectivity index (χ2v) is 5.88. The van der Waals surface area contributed by atoms with Crippen molar-refractivity contribution < 1.29 is 14.3 Å². The first-order chi connectivity index (χ1) is 9.11. The average molecular weight is 305 g/mol. The van der Waals surface area contributed by atoms with E-state index >= 15 is 0 Å². The quantitative estimate of drug-likeness (QED) is 0.572. The number of carbonyl (C=O) groups excluding carboxylic acids is 1. The lowest BCUT2D eigenvalue weighted by atomic mass is 10.5. The Hall–Kier alpha value is -0.850. The summed E-state index contributed by atoms with van der Waals surface area (Å²) >= 11 is 7.14. The molecule has 0 spiro atoms. The molecule has 7 heteroatoms. The number of hydrogen-bond donors (Lipinski definition) is 0. The molecule has 1 aromatic heterocycles. The largest absolute Gasteiger partial charge is 0.465 e. The standard InChI is InChI=1S/C12H17ClN2O3S/c1-15(5-6-18-7-8-3-4-8)12-14-10(13)9(19-12)11(16)17-2/h8H,3-7H2,1-2H3. The van der Waals surface area contributed by atoms with Crippen LogP contribution in [0, 0.1) is 5.92 Å². The van der Waals surface area contributed by atoms with Crippen LogP contribution >= 0.6 is 22.9 Å². The van der Waals surface area contributed by atoms with Crippen LogP contribution in [0.2, 0.25) is 5.15 Å². The monoisotopic (exact) mass is 304 g/mol. The van der Waals surface area contributed by atoms with Crippen molar-refractivity contribution in [2.24, 2.45) is 5.92 Å². The van der Waals surface area contributed by atoms with E-state index in [4.69, 9.17) is 16.3 Å². The van der Waals surface area contributed by atoms with Gasteiger partial charge in [-0.1, -0.05) is 22.9 Å². The molecule has 0 aliphatic heterocycles. The lowest BCUT2D eigenvalue weighted by Crippen LogP contribution is -2.22. The molecule has 1 aliphatic rings. The fraction of sp³-hybridized carbons (Fsp3) is 0.667. The molecule has 0 atom stereocenters. The minimum Gasteiger partial charge on any atom is -0.465 e. The number of ether oxygens (including phenoxy) is 2. The number of likely N-dealkylation sites (N-methyl/N-ethyl adjacent to an activating group) is 1. The molecule has 19 heavy (non-hydrogen) atoms. The van der Waals surface area contributed by atoms with Gasteiger partial charge >= 0.3 is 5.97 Å². The highest BCUT2D eigenvalue weighted by atomic mass is 35.5. The number of rotatable bonds is 7. The molecule has 0 unspecified atom stereocenters. The summed E-state index contributed by atoms with van der Waals surface area (Å²) in [6, 6.07) is 0. The van der Waals surface area contributed by atoms with Crippen LogP contribution in [0.5, 0.6) is 0 Å². The number of carbonyl (C=O) groups is 1. The molecule has 2 rings (SSSR count). The maximum Gasteiger partial charge on any atom is 0.351 e. The van der Waals surface area contributed by atoms with E-state index < -0.39 is 5.97 Å². The summed E-state index contributed by atoms with van der Waals surface area (Å²) < 4.78 is 10.2. The van der Waals surface area contributed by atoms with Gasteiger partial charge in [0.25, 0.3) is 0 Å². The Morgan fingerprint density at radius 1 is 1.58 bits per heavy atom. The Labute approximate surface area is 121 Å². The van der Waals surface area contributed by atoms with Gasteiger partial charge in [-0.3, -0.25) is 0 Å². The molecule has 1 aliphatic carbocycles. The lowest BCUT2D eigenvalue weighted by molar-refractivity contribution is 0.0606. The van der Waals surface area contributed by atoms with Crippen molar-refractivity contribution in [2.75, 3.05) is 38.8 Å². The Morgan fingerprint density at radius 2 is 2.32 bits per heavy atom. The van der Waals surface area contributed by atoms with E-state index in [1.807, 2.05) is 11.9 Å². The van der Waals surface area contributed by atoms with Crippen LogP contribution < -0.4 is 4.90 Å². The van der Waals surface area contributed by atoms with Crippen molar-refractivity contribution in [3.63, 3.8) is 0 Å². The van der Waals surface area contributed by atoms with Gasteiger partial charge in [0.2, 0.25) is 0 Å². The van der Waals surface area contributed by atoms with Gasteiger partial charge in [-0.05, 0) is 18.8 Å². The SMILES string of the molecule is COC(=O)c1sc(N(C)CCOCC2CC2)nc1Cl. The highest BCUT2D eigenvalue weighted by Crippen LogP contribution is 2.30. The third kappa shape index (κ3) is 4.06. The van der Waals surface area contributed by atoms with Crippen LogP contribution in [-0.2, 0) is 9.47 Å². The average Bonchev–Trinajstić information content (AvgIpc) is 3.15. The first-order valence-corrected chi connectivity index (χ1v) is 7.34. The fourth-order valence-electron chi connectivity index (χ4n) is 1.50. The van der Waals surface area contributed by atoms with E-state index in [2.05, 4.69) is 9.72 Å². The summed E-state index contributed by atoms with van der Waals surface area (Å²) in [7, 11) is 3.23. The van der Waals surface area contributed by atoms with Crippen LogP contribution in [0.3, 0.4) is 0 Å². The van der Waals surface area contributed by atoms with Crippen LogP contribution in [0.25, 0.3) is 0 Å². The van der Waals surface area contributed by atoms with Crippen molar-refractivity contribution >= 4 is 34.0 Å². The molecule has 0 saturated heterocycles. The molecule has 1 saturated carbocycles. The highest BCUT2D eigenvalue weighted by Gasteiger charge is 2.21. The van der Waals surface area contributed by atoms with E-state index in [0.29, 0.717) is 16.6 Å². The number of esters is 1. The number of methoxy groups -OCH3 is 1. The number of hydrogen-bond acceptors (Lipinski definition) is 6. The van der Waals surface area contributed by atoms with Gasteiger partial charge in [-0.15, -0.1) is 0 Å². The Kier molecular flexibility index (Phi) is 5.01. The number of halogens is 1. The summed E-state index contributed by atoms with van der Waals surface area (Å²) in [4.78, 5) is 17.9. The van der Waals surface area contributed by atoms with Crippen LogP contribution in [0.15, 0.2) is 0 Å².